The Labute approximate surface area is 200 Å². The molecule has 0 aliphatic carbocycles. The molecular weight excluding hydrogens is 614 g/mol. The maximum atomic E-state index is 2.22. The molecule has 28 heavy (non-hydrogen) atoms. The molecule has 0 atom stereocenters. The van der Waals surface area contributed by atoms with Crippen molar-refractivity contribution < 1.29 is 24.8 Å². The second kappa shape index (κ2) is 15.0. The topological polar surface area (TPSA) is 0 Å². The van der Waals surface area contributed by atoms with E-state index in [-0.39, 0.29) is 66.7 Å². The van der Waals surface area contributed by atoms with Crippen LogP contribution in [0, 0.1) is 0 Å². The van der Waals surface area contributed by atoms with Crippen LogP contribution < -0.4 is 39.3 Å². The van der Waals surface area contributed by atoms with Crippen LogP contribution in [0.4, 0.5) is 0 Å². The van der Waals surface area contributed by atoms with Crippen molar-refractivity contribution in [2.24, 2.45) is 0 Å². The number of halogens is 2. The summed E-state index contributed by atoms with van der Waals surface area (Å²) in [4.78, 5) is 0. The standard InChI is InChI=1S/2C12H10Te.2ClH/c2*1-3-7-11(8-4-1)13-12-9-5-2-6-10-12;;/h2*1-10H;2*1H/p-2. The van der Waals surface area contributed by atoms with Crippen molar-refractivity contribution in [3.63, 3.8) is 0 Å². The van der Waals surface area contributed by atoms with E-state index in [9.17, 15) is 0 Å². The van der Waals surface area contributed by atoms with E-state index in [2.05, 4.69) is 121 Å². The van der Waals surface area contributed by atoms with E-state index in [1.807, 2.05) is 0 Å². The summed E-state index contributed by atoms with van der Waals surface area (Å²) in [6.45, 7) is 0. The fraction of sp³-hybridized carbons (Fsp3) is 0. The maximum absolute atomic E-state index is 2.22. The molecule has 4 aromatic carbocycles. The third-order valence-corrected chi connectivity index (χ3v) is 9.24. The Kier molecular flexibility index (Phi) is 13.4. The van der Waals surface area contributed by atoms with Gasteiger partial charge in [0.15, 0.2) is 0 Å². The molecule has 0 aliphatic rings. The van der Waals surface area contributed by atoms with E-state index in [1.54, 1.807) is 0 Å². The predicted molar refractivity (Wildman–Crippen MR) is 116 cm³/mol. The summed E-state index contributed by atoms with van der Waals surface area (Å²) in [5.41, 5.74) is 0. The Balaban J connectivity index is 0.000000261. The molecule has 0 amide bonds. The summed E-state index contributed by atoms with van der Waals surface area (Å²) in [5, 5.41) is 0. The van der Waals surface area contributed by atoms with Crippen LogP contribution >= 0.6 is 0 Å². The van der Waals surface area contributed by atoms with Gasteiger partial charge in [-0.15, -0.1) is 0 Å². The van der Waals surface area contributed by atoms with Gasteiger partial charge in [-0.25, -0.2) is 0 Å². The Bertz CT molecular complexity index is 719. The first-order valence-electron chi connectivity index (χ1n) is 8.46. The van der Waals surface area contributed by atoms with Gasteiger partial charge in [0.2, 0.25) is 0 Å². The SMILES string of the molecule is [Cl-].[Cl-].c1ccc([Te]c2ccccc2)cc1.c1ccc([Te]c2ccccc2)cc1. The normalized spacial score (nSPS) is 9.14. The Morgan fingerprint density at radius 2 is 0.464 bits per heavy atom. The van der Waals surface area contributed by atoms with Crippen molar-refractivity contribution >= 4 is 56.3 Å². The van der Waals surface area contributed by atoms with Gasteiger partial charge in [-0.3, -0.25) is 0 Å². The summed E-state index contributed by atoms with van der Waals surface area (Å²) in [6.07, 6.45) is 0. The summed E-state index contributed by atoms with van der Waals surface area (Å²) in [7, 11) is 0. The van der Waals surface area contributed by atoms with Crippen molar-refractivity contribution in [3.05, 3.63) is 121 Å². The minimum atomic E-state index is -0.153. The third kappa shape index (κ3) is 9.49. The molecule has 4 heteroatoms. The average molecular weight is 635 g/mol. The molecule has 0 aliphatic heterocycles. The number of rotatable bonds is 4. The zero-order chi connectivity index (χ0) is 17.9. The van der Waals surface area contributed by atoms with Crippen LogP contribution in [-0.4, -0.2) is 41.8 Å². The first kappa shape index (κ1) is 25.1. The summed E-state index contributed by atoms with van der Waals surface area (Å²) in [6, 6.07) is 42.9. The van der Waals surface area contributed by atoms with E-state index in [1.165, 1.54) is 14.4 Å². The molecule has 0 spiro atoms. The number of hydrogen-bond acceptors (Lipinski definition) is 0. The van der Waals surface area contributed by atoms with E-state index in [0.717, 1.165) is 0 Å². The molecule has 0 fully saturated rings. The van der Waals surface area contributed by atoms with E-state index < -0.39 is 0 Å². The quantitative estimate of drug-likeness (QED) is 0.207. The minimum absolute atomic E-state index is 0. The van der Waals surface area contributed by atoms with E-state index in [0.29, 0.717) is 0 Å². The van der Waals surface area contributed by atoms with Gasteiger partial charge in [-0.05, 0) is 0 Å². The second-order valence-electron chi connectivity index (χ2n) is 5.46. The van der Waals surface area contributed by atoms with Gasteiger partial charge in [-0.2, -0.15) is 0 Å². The monoisotopic (exact) mass is 638 g/mol. The molecule has 0 radical (unpaired) electrons. The van der Waals surface area contributed by atoms with Gasteiger partial charge >= 0.3 is 178 Å². The molecule has 0 saturated heterocycles. The molecular formula is C24H20Cl2Te2-2. The first-order chi connectivity index (χ1) is 12.9. The van der Waals surface area contributed by atoms with Crippen LogP contribution in [0.15, 0.2) is 121 Å². The van der Waals surface area contributed by atoms with E-state index in [4.69, 9.17) is 0 Å². The molecule has 0 unspecified atom stereocenters. The van der Waals surface area contributed by atoms with Crippen molar-refractivity contribution in [2.75, 3.05) is 0 Å². The van der Waals surface area contributed by atoms with Crippen LogP contribution in [0.1, 0.15) is 0 Å². The molecule has 4 aromatic rings. The number of hydrogen-bond donors (Lipinski definition) is 0. The predicted octanol–water partition coefficient (Wildman–Crippen LogP) is -3.31. The first-order valence-corrected chi connectivity index (χ1v) is 13.1. The molecule has 0 heterocycles. The van der Waals surface area contributed by atoms with E-state index >= 15 is 0 Å². The van der Waals surface area contributed by atoms with Gasteiger partial charge in [0.05, 0.1) is 0 Å². The van der Waals surface area contributed by atoms with Gasteiger partial charge in [0.25, 0.3) is 0 Å². The fourth-order valence-electron chi connectivity index (χ4n) is 2.23. The van der Waals surface area contributed by atoms with Gasteiger partial charge < -0.3 is 24.8 Å². The van der Waals surface area contributed by atoms with Crippen molar-refractivity contribution in [3.8, 4) is 0 Å². The van der Waals surface area contributed by atoms with Gasteiger partial charge in [0, 0.05) is 0 Å². The Morgan fingerprint density at radius 1 is 0.286 bits per heavy atom. The van der Waals surface area contributed by atoms with Crippen LogP contribution in [0.3, 0.4) is 0 Å². The molecule has 0 N–H and O–H groups in total. The molecule has 4 rings (SSSR count). The van der Waals surface area contributed by atoms with Crippen molar-refractivity contribution in [1.82, 2.24) is 0 Å². The fourth-order valence-corrected chi connectivity index (χ4v) is 7.13. The van der Waals surface area contributed by atoms with Crippen LogP contribution in [-0.2, 0) is 0 Å². The number of benzene rings is 4. The summed E-state index contributed by atoms with van der Waals surface area (Å²) >= 11 is -0.307. The van der Waals surface area contributed by atoms with Crippen molar-refractivity contribution in [2.45, 2.75) is 0 Å². The Hall–Kier alpha value is -0.961. The summed E-state index contributed by atoms with van der Waals surface area (Å²) < 4.78 is 6.00. The molecule has 0 aromatic heterocycles. The summed E-state index contributed by atoms with van der Waals surface area (Å²) in [5.74, 6) is 0. The zero-order valence-electron chi connectivity index (χ0n) is 15.1. The average Bonchev–Trinajstić information content (AvgIpc) is 2.72. The van der Waals surface area contributed by atoms with Crippen LogP contribution in [0.25, 0.3) is 0 Å². The van der Waals surface area contributed by atoms with Crippen LogP contribution in [0.2, 0.25) is 0 Å². The molecule has 144 valence electrons. The second-order valence-corrected chi connectivity index (χ2v) is 12.0. The molecule has 0 saturated carbocycles. The van der Waals surface area contributed by atoms with Crippen molar-refractivity contribution in [1.29, 1.82) is 0 Å². The molecule has 0 nitrogen and oxygen atoms in total. The third-order valence-electron chi connectivity index (χ3n) is 3.44. The molecule has 0 bridgehead atoms. The zero-order valence-corrected chi connectivity index (χ0v) is 21.3. The van der Waals surface area contributed by atoms with Gasteiger partial charge in [-0.1, -0.05) is 0 Å². The Morgan fingerprint density at radius 3 is 0.643 bits per heavy atom. The van der Waals surface area contributed by atoms with Gasteiger partial charge in [0.1, 0.15) is 0 Å². The van der Waals surface area contributed by atoms with Crippen LogP contribution in [0.5, 0.6) is 0 Å².